The van der Waals surface area contributed by atoms with E-state index in [1.165, 1.54) is 13.2 Å². The molecule has 5 nitrogen and oxygen atoms in total. The van der Waals surface area contributed by atoms with Crippen LogP contribution in [0.3, 0.4) is 0 Å². The fourth-order valence-electron chi connectivity index (χ4n) is 4.00. The second kappa shape index (κ2) is 11.5. The summed E-state index contributed by atoms with van der Waals surface area (Å²) in [5, 5.41) is 3.12. The summed E-state index contributed by atoms with van der Waals surface area (Å²) in [6.45, 7) is 2.53. The smallest absolute Gasteiger partial charge is 0.416 e. The van der Waals surface area contributed by atoms with Gasteiger partial charge in [-0.25, -0.2) is 0 Å². The Bertz CT molecular complexity index is 1020. The molecule has 2 aromatic rings. The van der Waals surface area contributed by atoms with E-state index in [0.29, 0.717) is 41.0 Å². The average Bonchev–Trinajstić information content (AvgIpc) is 2.75. The highest BCUT2D eigenvalue weighted by Gasteiger charge is 2.31. The van der Waals surface area contributed by atoms with E-state index in [1.807, 2.05) is 0 Å². The number of hydrogen-bond acceptors (Lipinski definition) is 5. The number of benzene rings is 2. The maximum Gasteiger partial charge on any atom is 0.416 e. The van der Waals surface area contributed by atoms with Crippen molar-refractivity contribution in [3.8, 4) is 16.9 Å². The topological polar surface area (TPSA) is 64.6 Å². The van der Waals surface area contributed by atoms with Crippen LogP contribution in [0.15, 0.2) is 36.4 Å². The third-order valence-electron chi connectivity index (χ3n) is 6.06. The Morgan fingerprint density at radius 3 is 2.47 bits per heavy atom. The summed E-state index contributed by atoms with van der Waals surface area (Å²) in [5.74, 6) is 0.437. The average molecular weight is 478 g/mol. The lowest BCUT2D eigenvalue weighted by atomic mass is 9.81. The van der Waals surface area contributed by atoms with Gasteiger partial charge in [0, 0.05) is 31.0 Å². The van der Waals surface area contributed by atoms with Crippen LogP contribution in [0.5, 0.6) is 5.75 Å². The number of carbonyl (C=O) groups is 2. The minimum atomic E-state index is -4.48. The summed E-state index contributed by atoms with van der Waals surface area (Å²) in [5.41, 5.74) is 1.49. The Morgan fingerprint density at radius 2 is 1.85 bits per heavy atom. The molecule has 0 aliphatic heterocycles. The predicted molar refractivity (Wildman–Crippen MR) is 122 cm³/mol. The van der Waals surface area contributed by atoms with Gasteiger partial charge in [0.2, 0.25) is 0 Å². The van der Waals surface area contributed by atoms with Crippen LogP contribution in [-0.4, -0.2) is 32.0 Å². The lowest BCUT2D eigenvalue weighted by molar-refractivity contribution is -0.142. The third-order valence-corrected chi connectivity index (χ3v) is 6.06. The van der Waals surface area contributed by atoms with Crippen LogP contribution >= 0.6 is 0 Å². The summed E-state index contributed by atoms with van der Waals surface area (Å²) in [6, 6.07) is 8.74. The predicted octanol–water partition coefficient (Wildman–Crippen LogP) is 5.34. The van der Waals surface area contributed by atoms with Gasteiger partial charge in [0.15, 0.2) is 0 Å². The minimum Gasteiger partial charge on any atom is -0.496 e. The SMILES string of the molecule is CCOC(=O)Cc1ccc(OC)c(-c2ccc(C(F)(F)F)cc2CNCCC(=O)C2CCC2)c1. The number of carbonyl (C=O) groups excluding carboxylic acids is 2. The number of halogens is 3. The molecule has 2 aromatic carbocycles. The van der Waals surface area contributed by atoms with E-state index in [2.05, 4.69) is 5.32 Å². The van der Waals surface area contributed by atoms with Gasteiger partial charge >= 0.3 is 12.1 Å². The van der Waals surface area contributed by atoms with Crippen LogP contribution < -0.4 is 10.1 Å². The van der Waals surface area contributed by atoms with Crippen LogP contribution in [0.4, 0.5) is 13.2 Å². The molecule has 0 saturated heterocycles. The van der Waals surface area contributed by atoms with Gasteiger partial charge in [-0.3, -0.25) is 9.59 Å². The van der Waals surface area contributed by atoms with Gasteiger partial charge in [-0.05, 0) is 60.7 Å². The Morgan fingerprint density at radius 1 is 1.09 bits per heavy atom. The second-order valence-corrected chi connectivity index (χ2v) is 8.41. The summed E-state index contributed by atoms with van der Waals surface area (Å²) < 4.78 is 50.7. The number of ketones is 1. The van der Waals surface area contributed by atoms with Gasteiger partial charge in [0.25, 0.3) is 0 Å². The zero-order valence-electron chi connectivity index (χ0n) is 19.5. The van der Waals surface area contributed by atoms with Crippen molar-refractivity contribution in [2.45, 2.75) is 51.7 Å². The third kappa shape index (κ3) is 6.59. The number of methoxy groups -OCH3 is 1. The zero-order valence-corrected chi connectivity index (χ0v) is 19.5. The molecule has 0 radical (unpaired) electrons. The molecule has 0 spiro atoms. The fraction of sp³-hybridized carbons (Fsp3) is 0.462. The molecule has 0 atom stereocenters. The molecule has 0 heterocycles. The number of Topliss-reactive ketones (excluding diaryl/α,β-unsaturated/α-hetero) is 1. The van der Waals surface area contributed by atoms with Crippen molar-refractivity contribution in [3.05, 3.63) is 53.1 Å². The second-order valence-electron chi connectivity index (χ2n) is 8.41. The highest BCUT2D eigenvalue weighted by Crippen LogP contribution is 2.37. The first-order chi connectivity index (χ1) is 16.2. The van der Waals surface area contributed by atoms with Crippen molar-refractivity contribution in [1.82, 2.24) is 5.32 Å². The summed E-state index contributed by atoms with van der Waals surface area (Å²) in [6.07, 6.45) is -1.14. The number of esters is 1. The number of rotatable bonds is 11. The van der Waals surface area contributed by atoms with E-state index in [9.17, 15) is 22.8 Å². The summed E-state index contributed by atoms with van der Waals surface area (Å²) >= 11 is 0. The van der Waals surface area contributed by atoms with Crippen molar-refractivity contribution in [2.75, 3.05) is 20.3 Å². The molecule has 3 rings (SSSR count). The molecule has 1 saturated carbocycles. The van der Waals surface area contributed by atoms with E-state index in [4.69, 9.17) is 9.47 Å². The standard InChI is InChI=1S/C26H30F3NO4/c1-3-34-25(32)14-17-7-10-24(33-2)22(13-17)21-9-8-20(26(27,28)29)15-19(21)16-30-12-11-23(31)18-5-4-6-18/h7-10,13,15,18,30H,3-6,11-12,14,16H2,1-2H3. The van der Waals surface area contributed by atoms with Crippen molar-refractivity contribution >= 4 is 11.8 Å². The molecule has 1 aliphatic rings. The zero-order chi connectivity index (χ0) is 24.7. The number of nitrogens with one attached hydrogen (secondary N) is 1. The molecule has 0 unspecified atom stereocenters. The molecule has 0 bridgehead atoms. The summed E-state index contributed by atoms with van der Waals surface area (Å²) in [4.78, 5) is 24.0. The van der Waals surface area contributed by atoms with E-state index < -0.39 is 11.7 Å². The van der Waals surface area contributed by atoms with Gasteiger partial charge in [0.05, 0.1) is 25.7 Å². The first kappa shape index (κ1) is 25.7. The Labute approximate surface area is 197 Å². The van der Waals surface area contributed by atoms with Crippen LogP contribution in [0.1, 0.15) is 49.3 Å². The molecule has 1 fully saturated rings. The largest absolute Gasteiger partial charge is 0.496 e. The quantitative estimate of drug-likeness (QED) is 0.350. The maximum atomic E-state index is 13.4. The first-order valence-electron chi connectivity index (χ1n) is 11.5. The van der Waals surface area contributed by atoms with Crippen molar-refractivity contribution in [1.29, 1.82) is 0 Å². The molecule has 184 valence electrons. The highest BCUT2D eigenvalue weighted by molar-refractivity contribution is 5.82. The fourth-order valence-corrected chi connectivity index (χ4v) is 4.00. The van der Waals surface area contributed by atoms with E-state index >= 15 is 0 Å². The highest BCUT2D eigenvalue weighted by atomic mass is 19.4. The number of ether oxygens (including phenoxy) is 2. The first-order valence-corrected chi connectivity index (χ1v) is 11.5. The molecular weight excluding hydrogens is 447 g/mol. The molecule has 34 heavy (non-hydrogen) atoms. The van der Waals surface area contributed by atoms with E-state index in [0.717, 1.165) is 31.4 Å². The van der Waals surface area contributed by atoms with Crippen LogP contribution in [0.2, 0.25) is 0 Å². The Hall–Kier alpha value is -2.87. The number of alkyl halides is 3. The van der Waals surface area contributed by atoms with Gasteiger partial charge < -0.3 is 14.8 Å². The van der Waals surface area contributed by atoms with E-state index in [-0.39, 0.29) is 37.2 Å². The van der Waals surface area contributed by atoms with E-state index in [1.54, 1.807) is 25.1 Å². The Balaban J connectivity index is 1.86. The normalized spacial score (nSPS) is 13.9. The molecule has 8 heteroatoms. The monoisotopic (exact) mass is 477 g/mol. The lowest BCUT2D eigenvalue weighted by Crippen LogP contribution is -2.26. The van der Waals surface area contributed by atoms with Crippen LogP contribution in [-0.2, 0) is 33.5 Å². The molecule has 1 N–H and O–H groups in total. The van der Waals surface area contributed by atoms with Crippen molar-refractivity contribution in [2.24, 2.45) is 5.92 Å². The van der Waals surface area contributed by atoms with Gasteiger partial charge in [-0.2, -0.15) is 13.2 Å². The lowest BCUT2D eigenvalue weighted by Gasteiger charge is -2.23. The molecule has 0 aromatic heterocycles. The maximum absolute atomic E-state index is 13.4. The number of hydrogen-bond donors (Lipinski definition) is 1. The van der Waals surface area contributed by atoms with Gasteiger partial charge in [-0.1, -0.05) is 18.6 Å². The molecule has 0 amide bonds. The van der Waals surface area contributed by atoms with Crippen LogP contribution in [0, 0.1) is 5.92 Å². The van der Waals surface area contributed by atoms with Crippen molar-refractivity contribution < 1.29 is 32.2 Å². The minimum absolute atomic E-state index is 0.0440. The molecule has 1 aliphatic carbocycles. The van der Waals surface area contributed by atoms with Crippen LogP contribution in [0.25, 0.3) is 11.1 Å². The van der Waals surface area contributed by atoms with Gasteiger partial charge in [0.1, 0.15) is 11.5 Å². The van der Waals surface area contributed by atoms with Gasteiger partial charge in [-0.15, -0.1) is 0 Å². The van der Waals surface area contributed by atoms with Crippen molar-refractivity contribution in [3.63, 3.8) is 0 Å². The summed E-state index contributed by atoms with van der Waals surface area (Å²) in [7, 11) is 1.48. The Kier molecular flexibility index (Phi) is 8.72. The molecular formula is C26H30F3NO4.